The van der Waals surface area contributed by atoms with Crippen molar-refractivity contribution in [3.63, 3.8) is 0 Å². The molecule has 0 fully saturated rings. The van der Waals surface area contributed by atoms with E-state index >= 15 is 0 Å². The molecule has 0 aliphatic rings. The van der Waals surface area contributed by atoms with Crippen molar-refractivity contribution >= 4 is 34.5 Å². The Kier molecular flexibility index (Phi) is 4.95. The van der Waals surface area contributed by atoms with Gasteiger partial charge in [0, 0.05) is 17.1 Å². The molecule has 2 rings (SSSR count). The van der Waals surface area contributed by atoms with Crippen molar-refractivity contribution in [2.45, 2.75) is 19.9 Å². The fraction of sp³-hybridized carbons (Fsp3) is 0.333. The average molecular weight is 302 g/mol. The number of benzene rings is 1. The molecule has 0 atom stereocenters. The molecule has 1 N–H and O–H groups in total. The summed E-state index contributed by atoms with van der Waals surface area (Å²) < 4.78 is 0. The quantitative estimate of drug-likeness (QED) is 0.848. The van der Waals surface area contributed by atoms with Gasteiger partial charge >= 0.3 is 0 Å². The van der Waals surface area contributed by atoms with Gasteiger partial charge in [-0.25, -0.2) is 0 Å². The minimum Gasteiger partial charge on any atom is -0.310 e. The summed E-state index contributed by atoms with van der Waals surface area (Å²) in [6.07, 6.45) is 1.11. The molecule has 0 radical (unpaired) electrons. The average Bonchev–Trinajstić information content (AvgIpc) is 2.78. The van der Waals surface area contributed by atoms with Crippen molar-refractivity contribution in [3.05, 3.63) is 33.3 Å². The van der Waals surface area contributed by atoms with E-state index in [2.05, 4.69) is 22.4 Å². The third kappa shape index (κ3) is 3.42. The standard InChI is InChI=1S/C12H13Cl2N3S/c1-2-5-15-7-11-16-17-12(18-11)9-4-3-8(13)6-10(9)14/h3-4,6,15H,2,5,7H2,1H3. The van der Waals surface area contributed by atoms with Gasteiger partial charge in [-0.1, -0.05) is 41.5 Å². The van der Waals surface area contributed by atoms with Crippen LogP contribution in [0.25, 0.3) is 10.6 Å². The van der Waals surface area contributed by atoms with Crippen molar-refractivity contribution in [2.75, 3.05) is 6.54 Å². The molecule has 0 bridgehead atoms. The van der Waals surface area contributed by atoms with Crippen molar-refractivity contribution in [2.24, 2.45) is 0 Å². The van der Waals surface area contributed by atoms with Gasteiger partial charge in [-0.2, -0.15) is 0 Å². The first-order chi connectivity index (χ1) is 8.70. The molecule has 18 heavy (non-hydrogen) atoms. The van der Waals surface area contributed by atoms with Gasteiger partial charge in [0.1, 0.15) is 10.0 Å². The molecule has 0 amide bonds. The first kappa shape index (κ1) is 13.7. The topological polar surface area (TPSA) is 37.8 Å². The van der Waals surface area contributed by atoms with Gasteiger partial charge in [-0.05, 0) is 31.2 Å². The number of halogens is 2. The van der Waals surface area contributed by atoms with E-state index in [0.29, 0.717) is 10.0 Å². The predicted octanol–water partition coefficient (Wildman–Crippen LogP) is 4.01. The summed E-state index contributed by atoms with van der Waals surface area (Å²) in [5.41, 5.74) is 0.875. The van der Waals surface area contributed by atoms with Gasteiger partial charge < -0.3 is 5.32 Å². The number of nitrogens with one attached hydrogen (secondary N) is 1. The minimum atomic E-state index is 0.603. The highest BCUT2D eigenvalue weighted by Crippen LogP contribution is 2.32. The maximum atomic E-state index is 6.14. The summed E-state index contributed by atoms with van der Waals surface area (Å²) in [6.45, 7) is 3.86. The third-order valence-electron chi connectivity index (χ3n) is 2.33. The van der Waals surface area contributed by atoms with Crippen LogP contribution in [0.2, 0.25) is 10.0 Å². The number of hydrogen-bond donors (Lipinski definition) is 1. The summed E-state index contributed by atoms with van der Waals surface area (Å²) in [5.74, 6) is 0. The van der Waals surface area contributed by atoms with Crippen molar-refractivity contribution in [1.29, 1.82) is 0 Å². The second-order valence-electron chi connectivity index (χ2n) is 3.80. The van der Waals surface area contributed by atoms with Crippen LogP contribution in [0.4, 0.5) is 0 Å². The zero-order chi connectivity index (χ0) is 13.0. The number of rotatable bonds is 5. The largest absolute Gasteiger partial charge is 0.310 e. The van der Waals surface area contributed by atoms with Crippen LogP contribution in [0, 0.1) is 0 Å². The summed E-state index contributed by atoms with van der Waals surface area (Å²) in [5, 5.41) is 14.6. The Balaban J connectivity index is 2.13. The molecule has 0 spiro atoms. The maximum Gasteiger partial charge on any atom is 0.149 e. The van der Waals surface area contributed by atoms with Gasteiger partial charge in [0.25, 0.3) is 0 Å². The molecule has 0 unspecified atom stereocenters. The Labute approximate surface area is 120 Å². The minimum absolute atomic E-state index is 0.603. The van der Waals surface area contributed by atoms with Crippen molar-refractivity contribution in [3.8, 4) is 10.6 Å². The van der Waals surface area contributed by atoms with E-state index in [1.807, 2.05) is 6.07 Å². The Morgan fingerprint density at radius 3 is 2.83 bits per heavy atom. The molecule has 96 valence electrons. The summed E-state index contributed by atoms with van der Waals surface area (Å²) in [6, 6.07) is 5.39. The lowest BCUT2D eigenvalue weighted by atomic mass is 10.2. The maximum absolute atomic E-state index is 6.14. The summed E-state index contributed by atoms with van der Waals surface area (Å²) in [4.78, 5) is 0. The van der Waals surface area contributed by atoms with E-state index in [1.165, 1.54) is 0 Å². The second-order valence-corrected chi connectivity index (χ2v) is 5.71. The van der Waals surface area contributed by atoms with Crippen LogP contribution < -0.4 is 5.32 Å². The van der Waals surface area contributed by atoms with E-state index in [1.54, 1.807) is 23.5 Å². The molecular formula is C12H13Cl2N3S. The lowest BCUT2D eigenvalue weighted by molar-refractivity contribution is 0.668. The highest BCUT2D eigenvalue weighted by Gasteiger charge is 2.10. The van der Waals surface area contributed by atoms with Crippen LogP contribution in [-0.4, -0.2) is 16.7 Å². The van der Waals surface area contributed by atoms with E-state index in [-0.39, 0.29) is 0 Å². The molecule has 0 saturated carbocycles. The zero-order valence-corrected chi connectivity index (χ0v) is 12.2. The third-order valence-corrected chi connectivity index (χ3v) is 3.84. The summed E-state index contributed by atoms with van der Waals surface area (Å²) >= 11 is 13.6. The number of aromatic nitrogens is 2. The molecule has 6 heteroatoms. The van der Waals surface area contributed by atoms with Crippen LogP contribution in [0.5, 0.6) is 0 Å². The molecule has 0 saturated heterocycles. The van der Waals surface area contributed by atoms with Gasteiger partial charge in [-0.15, -0.1) is 10.2 Å². The van der Waals surface area contributed by atoms with Gasteiger partial charge in [-0.3, -0.25) is 0 Å². The van der Waals surface area contributed by atoms with E-state index in [4.69, 9.17) is 23.2 Å². The zero-order valence-electron chi connectivity index (χ0n) is 9.91. The first-order valence-corrected chi connectivity index (χ1v) is 7.26. The molecule has 2 aromatic rings. The number of hydrogen-bond acceptors (Lipinski definition) is 4. The van der Waals surface area contributed by atoms with Gasteiger partial charge in [0.2, 0.25) is 0 Å². The molecule has 3 nitrogen and oxygen atoms in total. The fourth-order valence-electron chi connectivity index (χ4n) is 1.47. The Bertz CT molecular complexity index is 528. The van der Waals surface area contributed by atoms with Gasteiger partial charge in [0.15, 0.2) is 0 Å². The van der Waals surface area contributed by atoms with Crippen LogP contribution in [0.1, 0.15) is 18.4 Å². The summed E-state index contributed by atoms with van der Waals surface area (Å²) in [7, 11) is 0. The van der Waals surface area contributed by atoms with E-state index < -0.39 is 0 Å². The highest BCUT2D eigenvalue weighted by atomic mass is 35.5. The van der Waals surface area contributed by atoms with Crippen molar-refractivity contribution in [1.82, 2.24) is 15.5 Å². The molecule has 1 aromatic carbocycles. The van der Waals surface area contributed by atoms with E-state index in [9.17, 15) is 0 Å². The lowest BCUT2D eigenvalue weighted by Gasteiger charge is -1.99. The highest BCUT2D eigenvalue weighted by molar-refractivity contribution is 7.14. The Hall–Kier alpha value is -0.680. The first-order valence-electron chi connectivity index (χ1n) is 5.69. The van der Waals surface area contributed by atoms with E-state index in [0.717, 1.165) is 35.1 Å². The fourth-order valence-corrected chi connectivity index (χ4v) is 2.87. The number of nitrogens with zero attached hydrogens (tertiary/aromatic N) is 2. The van der Waals surface area contributed by atoms with Crippen molar-refractivity contribution < 1.29 is 0 Å². The van der Waals surface area contributed by atoms with Gasteiger partial charge in [0.05, 0.1) is 5.02 Å². The molecule has 0 aliphatic carbocycles. The van der Waals surface area contributed by atoms with Crippen LogP contribution >= 0.6 is 34.5 Å². The van der Waals surface area contributed by atoms with Crippen LogP contribution in [0.3, 0.4) is 0 Å². The second kappa shape index (κ2) is 6.48. The molecule has 1 aromatic heterocycles. The Morgan fingerprint density at radius 1 is 1.28 bits per heavy atom. The van der Waals surface area contributed by atoms with Crippen LogP contribution in [0.15, 0.2) is 18.2 Å². The van der Waals surface area contributed by atoms with Crippen LogP contribution in [-0.2, 0) is 6.54 Å². The smallest absolute Gasteiger partial charge is 0.149 e. The molecular weight excluding hydrogens is 289 g/mol. The SMILES string of the molecule is CCCNCc1nnc(-c2ccc(Cl)cc2Cl)s1. The lowest BCUT2D eigenvalue weighted by Crippen LogP contribution is -2.13. The predicted molar refractivity (Wildman–Crippen MR) is 77.4 cm³/mol. The Morgan fingerprint density at radius 2 is 2.11 bits per heavy atom. The normalized spacial score (nSPS) is 10.8. The molecule has 0 aliphatic heterocycles. The molecule has 1 heterocycles. The monoisotopic (exact) mass is 301 g/mol.